The Bertz CT molecular complexity index is 1050. The molecule has 0 saturated carbocycles. The highest BCUT2D eigenvalue weighted by Crippen LogP contribution is 2.53. The van der Waals surface area contributed by atoms with Crippen LogP contribution in [0.2, 0.25) is 10.0 Å². The van der Waals surface area contributed by atoms with E-state index >= 15 is 0 Å². The van der Waals surface area contributed by atoms with E-state index in [9.17, 15) is 13.2 Å². The van der Waals surface area contributed by atoms with E-state index < -0.39 is 17.4 Å². The first-order chi connectivity index (χ1) is 14.1. The van der Waals surface area contributed by atoms with Crippen LogP contribution in [0.25, 0.3) is 5.57 Å². The van der Waals surface area contributed by atoms with Crippen LogP contribution in [0.5, 0.6) is 0 Å². The predicted molar refractivity (Wildman–Crippen MR) is 108 cm³/mol. The topological polar surface area (TPSA) is 21.7 Å². The third-order valence-electron chi connectivity index (χ3n) is 5.95. The number of rotatable bonds is 2. The second-order valence-corrected chi connectivity index (χ2v) is 9.21. The Morgan fingerprint density at radius 1 is 1.00 bits per heavy atom. The smallest absolute Gasteiger partial charge is 0.432 e. The zero-order chi connectivity index (χ0) is 21.3. The molecular formula is C21H15Cl3F3NO2. The van der Waals surface area contributed by atoms with Gasteiger partial charge in [0.1, 0.15) is 5.60 Å². The van der Waals surface area contributed by atoms with E-state index in [1.165, 1.54) is 24.5 Å². The zero-order valence-corrected chi connectivity index (χ0v) is 17.7. The molecule has 3 nitrogen and oxygen atoms in total. The Balaban J connectivity index is 1.48. The van der Waals surface area contributed by atoms with Gasteiger partial charge in [-0.05, 0) is 58.3 Å². The maximum atomic E-state index is 14.2. The van der Waals surface area contributed by atoms with Crippen LogP contribution < -0.4 is 0 Å². The number of hydrogen-bond donors (Lipinski definition) is 0. The Morgan fingerprint density at radius 3 is 2.33 bits per heavy atom. The van der Waals surface area contributed by atoms with Crippen LogP contribution in [0, 0.1) is 0 Å². The Kier molecular flexibility index (Phi) is 4.62. The van der Waals surface area contributed by atoms with Gasteiger partial charge in [-0.1, -0.05) is 35.3 Å². The molecule has 3 aliphatic rings. The van der Waals surface area contributed by atoms with Gasteiger partial charge in [-0.25, -0.2) is 4.42 Å². The molecule has 0 bridgehead atoms. The number of ether oxygens (including phenoxy) is 2. The van der Waals surface area contributed by atoms with Crippen LogP contribution in [-0.2, 0) is 27.3 Å². The summed E-state index contributed by atoms with van der Waals surface area (Å²) in [5.41, 5.74) is 0.0126. The van der Waals surface area contributed by atoms with Gasteiger partial charge in [0.05, 0.1) is 12.9 Å². The van der Waals surface area contributed by atoms with Gasteiger partial charge in [0.25, 0.3) is 0 Å². The van der Waals surface area contributed by atoms with Gasteiger partial charge in [0.2, 0.25) is 5.60 Å². The molecule has 2 aromatic rings. The van der Waals surface area contributed by atoms with Crippen LogP contribution >= 0.6 is 35.0 Å². The lowest BCUT2D eigenvalue weighted by Gasteiger charge is -2.43. The van der Waals surface area contributed by atoms with E-state index in [2.05, 4.69) is 0 Å². The molecule has 158 valence electrons. The third kappa shape index (κ3) is 3.04. The van der Waals surface area contributed by atoms with Crippen molar-refractivity contribution in [2.24, 2.45) is 0 Å². The van der Waals surface area contributed by atoms with Crippen molar-refractivity contribution in [1.29, 1.82) is 0 Å². The number of hydrogen-bond acceptors (Lipinski definition) is 3. The average molecular weight is 477 g/mol. The zero-order valence-electron chi connectivity index (χ0n) is 15.4. The quantitative estimate of drug-likeness (QED) is 0.468. The fraction of sp³-hybridized carbons (Fsp3) is 0.333. The van der Waals surface area contributed by atoms with E-state index in [1.54, 1.807) is 10.5 Å². The maximum Gasteiger partial charge on any atom is 0.432 e. The fourth-order valence-corrected chi connectivity index (χ4v) is 5.31. The highest BCUT2D eigenvalue weighted by molar-refractivity contribution is 6.34. The second kappa shape index (κ2) is 6.78. The molecule has 1 fully saturated rings. The van der Waals surface area contributed by atoms with Crippen molar-refractivity contribution in [2.75, 3.05) is 13.1 Å². The fourth-order valence-electron chi connectivity index (χ4n) is 4.40. The largest absolute Gasteiger partial charge is 0.480 e. The lowest BCUT2D eigenvalue weighted by Crippen LogP contribution is -2.54. The van der Waals surface area contributed by atoms with Crippen LogP contribution in [-0.4, -0.2) is 23.7 Å². The molecule has 3 heterocycles. The Hall–Kier alpha value is -1.44. The van der Waals surface area contributed by atoms with Gasteiger partial charge in [-0.2, -0.15) is 13.2 Å². The first-order valence-corrected chi connectivity index (χ1v) is 10.3. The van der Waals surface area contributed by atoms with Crippen LogP contribution in [0.3, 0.4) is 0 Å². The lowest BCUT2D eigenvalue weighted by atomic mass is 9.83. The first-order valence-electron chi connectivity index (χ1n) is 9.21. The summed E-state index contributed by atoms with van der Waals surface area (Å²) in [7, 11) is 0. The summed E-state index contributed by atoms with van der Waals surface area (Å²) in [6.45, 7) is 1.56. The van der Waals surface area contributed by atoms with Crippen molar-refractivity contribution in [2.45, 2.75) is 30.4 Å². The average Bonchev–Trinajstić information content (AvgIpc) is 3.24. The number of nitrogens with zero attached hydrogens (tertiary/aromatic N) is 1. The Labute approximate surface area is 186 Å². The van der Waals surface area contributed by atoms with E-state index in [1.807, 2.05) is 12.1 Å². The Morgan fingerprint density at radius 2 is 1.70 bits per heavy atom. The van der Waals surface area contributed by atoms with Gasteiger partial charge in [0.15, 0.2) is 0 Å². The molecule has 0 amide bonds. The summed E-state index contributed by atoms with van der Waals surface area (Å²) >= 11 is 17.9. The summed E-state index contributed by atoms with van der Waals surface area (Å²) in [5, 5.41) is 0.235. The van der Waals surface area contributed by atoms with E-state index in [-0.39, 0.29) is 22.0 Å². The normalized spacial score (nSPS) is 25.1. The van der Waals surface area contributed by atoms with Crippen molar-refractivity contribution >= 4 is 40.6 Å². The lowest BCUT2D eigenvalue weighted by molar-refractivity contribution is -0.260. The highest BCUT2D eigenvalue weighted by atomic mass is 35.5. The number of fused-ring (bicyclic) bond motifs is 2. The van der Waals surface area contributed by atoms with Crippen LogP contribution in [0.4, 0.5) is 13.2 Å². The molecule has 9 heteroatoms. The van der Waals surface area contributed by atoms with Gasteiger partial charge in [-0.3, -0.25) is 0 Å². The molecule has 0 aliphatic carbocycles. The summed E-state index contributed by atoms with van der Waals surface area (Å²) in [4.78, 5) is 0. The first kappa shape index (κ1) is 20.5. The van der Waals surface area contributed by atoms with Crippen molar-refractivity contribution in [3.63, 3.8) is 0 Å². The van der Waals surface area contributed by atoms with Gasteiger partial charge in [-0.15, -0.1) is 0 Å². The van der Waals surface area contributed by atoms with E-state index in [0.29, 0.717) is 30.8 Å². The molecule has 1 unspecified atom stereocenters. The summed E-state index contributed by atoms with van der Waals surface area (Å²) in [6.07, 6.45) is -3.87. The third-order valence-corrected chi connectivity index (χ3v) is 6.63. The maximum absolute atomic E-state index is 14.2. The van der Waals surface area contributed by atoms with Crippen molar-refractivity contribution in [1.82, 2.24) is 4.42 Å². The molecule has 0 N–H and O–H groups in total. The summed E-state index contributed by atoms with van der Waals surface area (Å²) in [5.74, 6) is 0. The minimum Gasteiger partial charge on any atom is -0.480 e. The molecule has 3 aliphatic heterocycles. The SMILES string of the molecule is FC(F)(F)C1(c2cc(Cl)cc(Cl)c2)CC(c2ccc3c(c2)COC32CN(Cl)C2)=CO1. The monoisotopic (exact) mass is 475 g/mol. The van der Waals surface area contributed by atoms with Gasteiger partial charge < -0.3 is 9.47 Å². The number of halogens is 6. The molecule has 0 radical (unpaired) electrons. The minimum atomic E-state index is -4.67. The van der Waals surface area contributed by atoms with Gasteiger partial charge >= 0.3 is 6.18 Å². The predicted octanol–water partition coefficient (Wildman–Crippen LogP) is 6.41. The summed E-state index contributed by atoms with van der Waals surface area (Å²) in [6, 6.07) is 9.45. The summed E-state index contributed by atoms with van der Waals surface area (Å²) < 4.78 is 55.4. The number of alkyl halides is 3. The van der Waals surface area contributed by atoms with Crippen LogP contribution in [0.1, 0.15) is 28.7 Å². The van der Waals surface area contributed by atoms with Gasteiger partial charge in [0, 0.05) is 35.1 Å². The second-order valence-electron chi connectivity index (χ2n) is 7.85. The van der Waals surface area contributed by atoms with E-state index in [0.717, 1.165) is 11.1 Å². The minimum absolute atomic E-state index is 0.118. The molecular weight excluding hydrogens is 462 g/mol. The molecule has 1 saturated heterocycles. The molecule has 5 rings (SSSR count). The van der Waals surface area contributed by atoms with Crippen molar-refractivity contribution < 1.29 is 22.6 Å². The molecule has 2 aromatic carbocycles. The van der Waals surface area contributed by atoms with E-state index in [4.69, 9.17) is 44.5 Å². The molecule has 1 atom stereocenters. The van der Waals surface area contributed by atoms with Crippen molar-refractivity contribution in [3.8, 4) is 0 Å². The number of benzene rings is 2. The molecule has 1 spiro atoms. The standard InChI is InChI=1S/C21H15Cl3F3NO2/c22-16-4-15(5-17(23)6-16)20(21(25,26)27)7-14(9-30-20)12-1-2-18-13(3-12)8-29-19(18)10-28(24)11-19/h1-6,9H,7-8,10-11H2. The molecule has 30 heavy (non-hydrogen) atoms. The molecule has 0 aromatic heterocycles. The van der Waals surface area contributed by atoms with Crippen LogP contribution in [0.15, 0.2) is 42.7 Å². The van der Waals surface area contributed by atoms with Crippen molar-refractivity contribution in [3.05, 3.63) is 75.0 Å². The highest BCUT2D eigenvalue weighted by Gasteiger charge is 2.60.